The van der Waals surface area contributed by atoms with Crippen molar-refractivity contribution in [2.24, 2.45) is 4.99 Å². The fourth-order valence-electron chi connectivity index (χ4n) is 3.80. The lowest BCUT2D eigenvalue weighted by atomic mass is 10.00. The SMILES string of the molecule is O=C(NCCO)c1c(O)c2c3n(c1=O)CCCOC3=C(Cc1ccc(F)cc1)CC=N2. The quantitative estimate of drug-likeness (QED) is 0.675. The highest BCUT2D eigenvalue weighted by Gasteiger charge is 2.31. The third kappa shape index (κ3) is 3.96. The number of halogens is 1. The molecule has 0 radical (unpaired) electrons. The normalized spacial score (nSPS) is 15.0. The first kappa shape index (κ1) is 20.8. The lowest BCUT2D eigenvalue weighted by Gasteiger charge is -2.18. The minimum absolute atomic E-state index is 0.0475. The number of carbonyl (C=O) groups excluding carboxylic acids is 1. The van der Waals surface area contributed by atoms with Crippen molar-refractivity contribution in [3.05, 3.63) is 62.8 Å². The first-order valence-corrected chi connectivity index (χ1v) is 10.0. The molecule has 3 N–H and O–H groups in total. The van der Waals surface area contributed by atoms with Crippen LogP contribution in [0.25, 0.3) is 5.76 Å². The van der Waals surface area contributed by atoms with E-state index in [1.54, 1.807) is 18.3 Å². The number of aromatic nitrogens is 1. The number of nitrogens with one attached hydrogen (secondary N) is 1. The molecule has 0 spiro atoms. The molecule has 1 amide bonds. The van der Waals surface area contributed by atoms with Crippen LogP contribution in [0.15, 0.2) is 39.6 Å². The number of aliphatic imine (C=N–C) groups is 1. The maximum Gasteiger partial charge on any atom is 0.267 e. The Hall–Kier alpha value is -3.46. The molecule has 0 saturated heterocycles. The van der Waals surface area contributed by atoms with Crippen LogP contribution in [0, 0.1) is 5.82 Å². The van der Waals surface area contributed by atoms with Crippen LogP contribution in [0.1, 0.15) is 34.5 Å². The summed E-state index contributed by atoms with van der Waals surface area (Å²) >= 11 is 0. The molecular weight excluding hydrogens is 405 g/mol. The van der Waals surface area contributed by atoms with Crippen molar-refractivity contribution < 1.29 is 24.1 Å². The number of nitrogens with zero attached hydrogens (tertiary/aromatic N) is 2. The smallest absolute Gasteiger partial charge is 0.267 e. The summed E-state index contributed by atoms with van der Waals surface area (Å²) in [4.78, 5) is 30.0. The van der Waals surface area contributed by atoms with Crippen LogP contribution in [0.3, 0.4) is 0 Å². The molecule has 0 unspecified atom stereocenters. The molecule has 162 valence electrons. The number of ether oxygens (including phenoxy) is 1. The van der Waals surface area contributed by atoms with Gasteiger partial charge >= 0.3 is 0 Å². The van der Waals surface area contributed by atoms with E-state index in [0.29, 0.717) is 43.9 Å². The zero-order valence-corrected chi connectivity index (χ0v) is 16.7. The first-order chi connectivity index (χ1) is 15.0. The number of hydrogen-bond acceptors (Lipinski definition) is 6. The Morgan fingerprint density at radius 1 is 1.29 bits per heavy atom. The second kappa shape index (κ2) is 8.73. The third-order valence-corrected chi connectivity index (χ3v) is 5.24. The van der Waals surface area contributed by atoms with E-state index in [1.807, 2.05) is 0 Å². The molecule has 0 fully saturated rings. The van der Waals surface area contributed by atoms with Crippen molar-refractivity contribution in [2.75, 3.05) is 19.8 Å². The average Bonchev–Trinajstić information content (AvgIpc) is 3.08. The highest BCUT2D eigenvalue weighted by molar-refractivity contribution is 5.99. The predicted molar refractivity (Wildman–Crippen MR) is 112 cm³/mol. The van der Waals surface area contributed by atoms with Gasteiger partial charge in [-0.25, -0.2) is 4.39 Å². The molecule has 2 aromatic rings. The van der Waals surface area contributed by atoms with Gasteiger partial charge in [0.15, 0.2) is 5.75 Å². The number of aromatic hydroxyl groups is 1. The van der Waals surface area contributed by atoms with Gasteiger partial charge in [-0.05, 0) is 36.1 Å². The second-order valence-electron chi connectivity index (χ2n) is 7.31. The third-order valence-electron chi connectivity index (χ3n) is 5.24. The lowest BCUT2D eigenvalue weighted by molar-refractivity contribution is 0.0940. The van der Waals surface area contributed by atoms with Gasteiger partial charge in [0.2, 0.25) is 0 Å². The predicted octanol–water partition coefficient (Wildman–Crippen LogP) is 1.90. The molecule has 4 rings (SSSR count). The van der Waals surface area contributed by atoms with Crippen LogP contribution in [0.2, 0.25) is 0 Å². The summed E-state index contributed by atoms with van der Waals surface area (Å²) in [5.74, 6) is -1.17. The lowest BCUT2D eigenvalue weighted by Crippen LogP contribution is -2.35. The van der Waals surface area contributed by atoms with E-state index in [0.717, 1.165) is 11.1 Å². The van der Waals surface area contributed by atoms with Crippen molar-refractivity contribution in [2.45, 2.75) is 25.8 Å². The number of aliphatic hydroxyl groups excluding tert-OH is 1. The molecule has 1 aromatic heterocycles. The first-order valence-electron chi connectivity index (χ1n) is 10.0. The zero-order valence-electron chi connectivity index (χ0n) is 16.7. The highest BCUT2D eigenvalue weighted by atomic mass is 19.1. The molecular formula is C22H22FN3O5. The van der Waals surface area contributed by atoms with Gasteiger partial charge in [0.1, 0.15) is 28.5 Å². The monoisotopic (exact) mass is 427 g/mol. The van der Waals surface area contributed by atoms with Crippen molar-refractivity contribution in [3.63, 3.8) is 0 Å². The van der Waals surface area contributed by atoms with E-state index in [9.17, 15) is 19.1 Å². The summed E-state index contributed by atoms with van der Waals surface area (Å²) in [6.45, 7) is 0.311. The fourth-order valence-corrected chi connectivity index (χ4v) is 3.80. The second-order valence-corrected chi connectivity index (χ2v) is 7.31. The number of amides is 1. The average molecular weight is 427 g/mol. The Morgan fingerprint density at radius 2 is 2.06 bits per heavy atom. The molecule has 9 heteroatoms. The minimum atomic E-state index is -0.773. The Morgan fingerprint density at radius 3 is 2.81 bits per heavy atom. The Labute approximate surface area is 177 Å². The van der Waals surface area contributed by atoms with Gasteiger partial charge in [0, 0.05) is 25.7 Å². The number of carbonyl (C=O) groups is 1. The molecule has 0 aliphatic carbocycles. The standard InChI is InChI=1S/C22H22FN3O5/c23-15-4-2-13(3-5-15)12-14-6-7-24-17-18-20(14)31-11-1-9-26(18)22(30)16(19(17)28)21(29)25-8-10-27/h2-5,7,27-28H,1,6,8-12H2,(H,25,29). The van der Waals surface area contributed by atoms with Gasteiger partial charge in [-0.15, -0.1) is 0 Å². The van der Waals surface area contributed by atoms with Gasteiger partial charge in [-0.3, -0.25) is 14.6 Å². The fraction of sp³-hybridized carbons (Fsp3) is 0.318. The summed E-state index contributed by atoms with van der Waals surface area (Å²) in [6.07, 6.45) is 2.99. The molecule has 3 heterocycles. The van der Waals surface area contributed by atoms with E-state index in [1.165, 1.54) is 16.7 Å². The molecule has 31 heavy (non-hydrogen) atoms. The van der Waals surface area contributed by atoms with Crippen LogP contribution < -0.4 is 10.9 Å². The van der Waals surface area contributed by atoms with E-state index >= 15 is 0 Å². The Balaban J connectivity index is 1.88. The number of aliphatic hydroxyl groups is 1. The molecule has 0 atom stereocenters. The topological polar surface area (TPSA) is 113 Å². The minimum Gasteiger partial charge on any atom is -0.505 e. The summed E-state index contributed by atoms with van der Waals surface area (Å²) < 4.78 is 20.7. The van der Waals surface area contributed by atoms with E-state index < -0.39 is 22.8 Å². The van der Waals surface area contributed by atoms with Crippen molar-refractivity contribution >= 4 is 23.6 Å². The highest BCUT2D eigenvalue weighted by Crippen LogP contribution is 2.41. The molecule has 2 aliphatic heterocycles. The van der Waals surface area contributed by atoms with E-state index in [4.69, 9.17) is 9.84 Å². The van der Waals surface area contributed by atoms with Gasteiger partial charge in [0.05, 0.1) is 13.2 Å². The molecule has 2 aliphatic rings. The van der Waals surface area contributed by atoms with E-state index in [-0.39, 0.29) is 24.7 Å². The van der Waals surface area contributed by atoms with Gasteiger partial charge in [-0.1, -0.05) is 12.1 Å². The summed E-state index contributed by atoms with van der Waals surface area (Å²) in [5, 5.41) is 22.2. The largest absolute Gasteiger partial charge is 0.505 e. The van der Waals surface area contributed by atoms with Crippen molar-refractivity contribution in [3.8, 4) is 5.75 Å². The van der Waals surface area contributed by atoms with E-state index in [2.05, 4.69) is 10.3 Å². The van der Waals surface area contributed by atoms with Crippen LogP contribution in [-0.4, -0.2) is 46.7 Å². The maximum atomic E-state index is 13.3. The summed E-state index contributed by atoms with van der Waals surface area (Å²) in [6, 6.07) is 6.13. The number of pyridine rings is 1. The number of rotatable bonds is 5. The molecule has 0 bridgehead atoms. The van der Waals surface area contributed by atoms with Crippen molar-refractivity contribution in [1.29, 1.82) is 0 Å². The van der Waals surface area contributed by atoms with Gasteiger partial charge in [0.25, 0.3) is 11.5 Å². The van der Waals surface area contributed by atoms with Crippen LogP contribution >= 0.6 is 0 Å². The molecule has 0 saturated carbocycles. The Kier molecular flexibility index (Phi) is 5.85. The summed E-state index contributed by atoms with van der Waals surface area (Å²) in [7, 11) is 0. The summed E-state index contributed by atoms with van der Waals surface area (Å²) in [5.41, 5.74) is 1.08. The van der Waals surface area contributed by atoms with Crippen molar-refractivity contribution in [1.82, 2.24) is 9.88 Å². The zero-order chi connectivity index (χ0) is 22.0. The van der Waals surface area contributed by atoms with Crippen LogP contribution in [0.4, 0.5) is 10.1 Å². The molecule has 8 nitrogen and oxygen atoms in total. The Bertz CT molecular complexity index is 1140. The maximum absolute atomic E-state index is 13.3. The number of benzene rings is 1. The van der Waals surface area contributed by atoms with Gasteiger partial charge in [-0.2, -0.15) is 0 Å². The van der Waals surface area contributed by atoms with Crippen LogP contribution in [0.5, 0.6) is 5.75 Å². The number of hydrogen-bond donors (Lipinski definition) is 3. The van der Waals surface area contributed by atoms with Gasteiger partial charge < -0.3 is 24.8 Å². The molecule has 1 aromatic carbocycles. The number of allylic oxidation sites excluding steroid dienone is 1. The van der Waals surface area contributed by atoms with Crippen LogP contribution in [-0.2, 0) is 17.7 Å².